The van der Waals surface area contributed by atoms with E-state index in [0.29, 0.717) is 0 Å². The Labute approximate surface area is 165 Å². The number of fused-ring (bicyclic) bond motifs is 1. The van der Waals surface area contributed by atoms with Crippen molar-refractivity contribution < 1.29 is 4.79 Å². The highest BCUT2D eigenvalue weighted by atomic mass is 16.1. The summed E-state index contributed by atoms with van der Waals surface area (Å²) in [5, 5.41) is 8.15. The molecule has 2 nitrogen and oxygen atoms in total. The Kier molecular flexibility index (Phi) is 4.12. The molecule has 0 radical (unpaired) electrons. The van der Waals surface area contributed by atoms with Crippen molar-refractivity contribution in [2.75, 3.05) is 5.32 Å². The van der Waals surface area contributed by atoms with E-state index < -0.39 is 0 Å². The number of anilines is 1. The van der Waals surface area contributed by atoms with Gasteiger partial charge in [0.1, 0.15) is 0 Å². The van der Waals surface area contributed by atoms with E-state index in [9.17, 15) is 4.79 Å². The van der Waals surface area contributed by atoms with Crippen LogP contribution in [-0.4, -0.2) is 5.91 Å². The zero-order valence-electron chi connectivity index (χ0n) is 16.0. The van der Waals surface area contributed by atoms with Crippen LogP contribution < -0.4 is 5.32 Å². The molecule has 5 rings (SSSR count). The molecular weight excluding hydrogens is 342 g/mol. The molecule has 0 aromatic heterocycles. The predicted octanol–water partition coefficient (Wildman–Crippen LogP) is 5.91. The molecule has 28 heavy (non-hydrogen) atoms. The number of hydrogen-bond acceptors (Lipinski definition) is 1. The van der Waals surface area contributed by atoms with E-state index in [-0.39, 0.29) is 11.8 Å². The van der Waals surface area contributed by atoms with Crippen LogP contribution in [0.1, 0.15) is 23.6 Å². The van der Waals surface area contributed by atoms with Crippen LogP contribution in [0.25, 0.3) is 21.5 Å². The SMILES string of the molecule is CC(Cc1cccc2ccccc12)C(=O)Nc1ccc2c3c(cccc13)CC2. The number of rotatable bonds is 4. The summed E-state index contributed by atoms with van der Waals surface area (Å²) >= 11 is 0. The van der Waals surface area contributed by atoms with E-state index in [0.717, 1.165) is 24.9 Å². The highest BCUT2D eigenvalue weighted by Crippen LogP contribution is 2.35. The summed E-state index contributed by atoms with van der Waals surface area (Å²) in [7, 11) is 0. The average molecular weight is 365 g/mol. The number of carbonyl (C=O) groups is 1. The Morgan fingerprint density at radius 3 is 2.46 bits per heavy atom. The number of benzene rings is 4. The van der Waals surface area contributed by atoms with E-state index in [1.54, 1.807) is 0 Å². The third-order valence-corrected chi connectivity index (χ3v) is 5.99. The topological polar surface area (TPSA) is 29.1 Å². The summed E-state index contributed by atoms with van der Waals surface area (Å²) in [5.41, 5.74) is 4.94. The first-order chi connectivity index (χ1) is 13.7. The van der Waals surface area contributed by atoms with Crippen LogP contribution >= 0.6 is 0 Å². The first kappa shape index (κ1) is 17.0. The Hall–Kier alpha value is -3.13. The lowest BCUT2D eigenvalue weighted by Crippen LogP contribution is -2.22. The van der Waals surface area contributed by atoms with Gasteiger partial charge >= 0.3 is 0 Å². The van der Waals surface area contributed by atoms with E-state index in [2.05, 4.69) is 78.1 Å². The number of carbonyl (C=O) groups excluding carboxylic acids is 1. The zero-order chi connectivity index (χ0) is 19.1. The van der Waals surface area contributed by atoms with Gasteiger partial charge in [0.05, 0.1) is 0 Å². The van der Waals surface area contributed by atoms with Crippen LogP contribution in [-0.2, 0) is 24.1 Å². The second-order valence-electron chi connectivity index (χ2n) is 7.84. The zero-order valence-corrected chi connectivity index (χ0v) is 16.0. The van der Waals surface area contributed by atoms with E-state index in [1.807, 2.05) is 6.92 Å². The van der Waals surface area contributed by atoms with Crippen molar-refractivity contribution in [3.63, 3.8) is 0 Å². The summed E-state index contributed by atoms with van der Waals surface area (Å²) in [6.07, 6.45) is 2.93. The van der Waals surface area contributed by atoms with Crippen molar-refractivity contribution in [2.24, 2.45) is 5.92 Å². The van der Waals surface area contributed by atoms with E-state index >= 15 is 0 Å². The number of hydrogen-bond donors (Lipinski definition) is 1. The maximum atomic E-state index is 13.0. The first-order valence-corrected chi connectivity index (χ1v) is 10.0. The fraction of sp³-hybridized carbons (Fsp3) is 0.192. The van der Waals surface area contributed by atoms with Crippen molar-refractivity contribution in [1.82, 2.24) is 0 Å². The van der Waals surface area contributed by atoms with Gasteiger partial charge in [-0.15, -0.1) is 0 Å². The third kappa shape index (κ3) is 2.86. The fourth-order valence-corrected chi connectivity index (χ4v) is 4.50. The predicted molar refractivity (Wildman–Crippen MR) is 117 cm³/mol. The van der Waals surface area contributed by atoms with Gasteiger partial charge in [-0.3, -0.25) is 4.79 Å². The molecular formula is C26H23NO. The van der Waals surface area contributed by atoms with Gasteiger partial charge in [0.15, 0.2) is 0 Å². The molecule has 1 aliphatic carbocycles. The maximum Gasteiger partial charge on any atom is 0.227 e. The molecule has 0 spiro atoms. The minimum atomic E-state index is -0.103. The molecule has 4 aromatic rings. The largest absolute Gasteiger partial charge is 0.325 e. The van der Waals surface area contributed by atoms with Gasteiger partial charge in [-0.25, -0.2) is 0 Å². The molecule has 0 aliphatic heterocycles. The summed E-state index contributed by atoms with van der Waals surface area (Å²) in [4.78, 5) is 13.0. The molecule has 0 heterocycles. The Bertz CT molecular complexity index is 1190. The van der Waals surface area contributed by atoms with Crippen LogP contribution in [0.5, 0.6) is 0 Å². The maximum absolute atomic E-state index is 13.0. The van der Waals surface area contributed by atoms with Crippen molar-refractivity contribution >= 4 is 33.1 Å². The van der Waals surface area contributed by atoms with Gasteiger partial charge in [-0.1, -0.05) is 73.7 Å². The quantitative estimate of drug-likeness (QED) is 0.479. The van der Waals surface area contributed by atoms with Gasteiger partial charge in [-0.05, 0) is 58.2 Å². The van der Waals surface area contributed by atoms with Gasteiger partial charge in [0.25, 0.3) is 0 Å². The lowest BCUT2D eigenvalue weighted by atomic mass is 9.95. The number of amides is 1. The molecule has 1 atom stereocenters. The molecule has 1 aliphatic rings. The Balaban J connectivity index is 1.41. The van der Waals surface area contributed by atoms with Crippen LogP contribution in [0, 0.1) is 5.92 Å². The van der Waals surface area contributed by atoms with Gasteiger partial charge in [0.2, 0.25) is 5.91 Å². The summed E-state index contributed by atoms with van der Waals surface area (Å²) in [6, 6.07) is 25.4. The summed E-state index contributed by atoms with van der Waals surface area (Å²) < 4.78 is 0. The third-order valence-electron chi connectivity index (χ3n) is 5.99. The number of aryl methyl sites for hydroxylation is 2. The minimum Gasteiger partial charge on any atom is -0.325 e. The van der Waals surface area contributed by atoms with E-state index in [1.165, 1.54) is 38.2 Å². The monoisotopic (exact) mass is 365 g/mol. The molecule has 0 bridgehead atoms. The van der Waals surface area contributed by atoms with Crippen molar-refractivity contribution in [3.8, 4) is 0 Å². The second kappa shape index (κ2) is 6.79. The molecule has 138 valence electrons. The molecule has 0 fully saturated rings. The minimum absolute atomic E-state index is 0.0756. The summed E-state index contributed by atoms with van der Waals surface area (Å²) in [5.74, 6) is -0.0273. The van der Waals surface area contributed by atoms with E-state index in [4.69, 9.17) is 0 Å². The Morgan fingerprint density at radius 1 is 0.857 bits per heavy atom. The van der Waals surface area contributed by atoms with Crippen LogP contribution in [0.3, 0.4) is 0 Å². The smallest absolute Gasteiger partial charge is 0.227 e. The normalized spacial score (nSPS) is 13.8. The van der Waals surface area contributed by atoms with Gasteiger partial charge in [-0.2, -0.15) is 0 Å². The molecule has 1 amide bonds. The molecule has 0 saturated carbocycles. The van der Waals surface area contributed by atoms with Crippen molar-refractivity contribution in [1.29, 1.82) is 0 Å². The molecule has 2 heteroatoms. The molecule has 1 unspecified atom stereocenters. The van der Waals surface area contributed by atoms with Crippen molar-refractivity contribution in [3.05, 3.63) is 89.5 Å². The number of nitrogens with one attached hydrogen (secondary N) is 1. The fourth-order valence-electron chi connectivity index (χ4n) is 4.50. The first-order valence-electron chi connectivity index (χ1n) is 10.0. The van der Waals surface area contributed by atoms with Crippen LogP contribution in [0.15, 0.2) is 72.8 Å². The average Bonchev–Trinajstić information content (AvgIpc) is 3.15. The Morgan fingerprint density at radius 2 is 1.57 bits per heavy atom. The molecule has 4 aromatic carbocycles. The van der Waals surface area contributed by atoms with Gasteiger partial charge < -0.3 is 5.32 Å². The van der Waals surface area contributed by atoms with Gasteiger partial charge in [0, 0.05) is 17.0 Å². The second-order valence-corrected chi connectivity index (χ2v) is 7.84. The lowest BCUT2D eigenvalue weighted by Gasteiger charge is -2.16. The van der Waals surface area contributed by atoms with Crippen LogP contribution in [0.2, 0.25) is 0 Å². The summed E-state index contributed by atoms with van der Waals surface area (Å²) in [6.45, 7) is 2.01. The highest BCUT2D eigenvalue weighted by molar-refractivity contribution is 6.05. The molecule has 0 saturated heterocycles. The lowest BCUT2D eigenvalue weighted by molar-refractivity contribution is -0.119. The van der Waals surface area contributed by atoms with Crippen molar-refractivity contribution in [2.45, 2.75) is 26.2 Å². The standard InChI is InChI=1S/C26H23NO/c1-17(16-21-9-4-7-18-6-2-3-10-22(18)21)26(28)27-24-15-14-20-13-12-19-8-5-11-23(24)25(19)20/h2-11,14-15,17H,12-13,16H2,1H3,(H,27,28). The highest BCUT2D eigenvalue weighted by Gasteiger charge is 2.19. The molecule has 1 N–H and O–H groups in total. The van der Waals surface area contributed by atoms with Crippen LogP contribution in [0.4, 0.5) is 5.69 Å².